The molecule has 1 aliphatic heterocycles. The molecule has 0 amide bonds. The fourth-order valence-electron chi connectivity index (χ4n) is 3.21. The van der Waals surface area contributed by atoms with Gasteiger partial charge in [0.25, 0.3) is 5.79 Å². The lowest BCUT2D eigenvalue weighted by atomic mass is 9.87. The number of benzene rings is 2. The maximum atomic E-state index is 10.7. The van der Waals surface area contributed by atoms with E-state index in [1.165, 1.54) is 7.11 Å². The van der Waals surface area contributed by atoms with Crippen molar-refractivity contribution in [2.24, 2.45) is 0 Å². The van der Waals surface area contributed by atoms with E-state index in [4.69, 9.17) is 21.1 Å². The first-order valence-corrected chi connectivity index (χ1v) is 8.90. The number of hydrogen-bond donors (Lipinski definition) is 4. The lowest BCUT2D eigenvalue weighted by Gasteiger charge is -2.44. The molecule has 0 saturated carbocycles. The van der Waals surface area contributed by atoms with Gasteiger partial charge in [0.1, 0.15) is 24.2 Å². The summed E-state index contributed by atoms with van der Waals surface area (Å²) >= 11 is 6.35. The van der Waals surface area contributed by atoms with Gasteiger partial charge in [-0.05, 0) is 47.4 Å². The van der Waals surface area contributed by atoms with E-state index in [9.17, 15) is 20.4 Å². The summed E-state index contributed by atoms with van der Waals surface area (Å²) in [4.78, 5) is 0. The first-order valence-electron chi connectivity index (χ1n) is 8.52. The Balaban J connectivity index is 2.03. The van der Waals surface area contributed by atoms with Crippen LogP contribution in [0, 0.1) is 0 Å². The number of phenolic OH excluding ortho intramolecular Hbond substituents is 1. The first kappa shape index (κ1) is 20.2. The van der Waals surface area contributed by atoms with Gasteiger partial charge in [-0.2, -0.15) is 0 Å². The monoisotopic (exact) mass is 404 g/mol. The quantitative estimate of drug-likeness (QED) is 0.461. The van der Waals surface area contributed by atoms with Crippen LogP contribution in [0.3, 0.4) is 0 Å². The van der Waals surface area contributed by atoms with Crippen LogP contribution < -0.4 is 0 Å². The third-order valence-corrected chi connectivity index (χ3v) is 5.18. The molecule has 148 valence electrons. The average Bonchev–Trinajstić information content (AvgIpc) is 2.70. The number of aliphatic hydroxyl groups excluding tert-OH is 3. The predicted molar refractivity (Wildman–Crippen MR) is 104 cm³/mol. The van der Waals surface area contributed by atoms with Crippen molar-refractivity contribution in [1.82, 2.24) is 0 Å². The van der Waals surface area contributed by atoms with Gasteiger partial charge in [0, 0.05) is 17.7 Å². The van der Waals surface area contributed by atoms with E-state index in [0.29, 0.717) is 23.3 Å². The molecule has 1 fully saturated rings. The van der Waals surface area contributed by atoms with Crippen LogP contribution in [-0.2, 0) is 21.7 Å². The van der Waals surface area contributed by atoms with E-state index in [-0.39, 0.29) is 17.1 Å². The van der Waals surface area contributed by atoms with Crippen LogP contribution in [-0.4, -0.2) is 39.7 Å². The van der Waals surface area contributed by atoms with Crippen molar-refractivity contribution in [2.45, 2.75) is 24.4 Å². The maximum Gasteiger partial charge on any atom is 0.267 e. The minimum Gasteiger partial charge on any atom is -0.512 e. The minimum absolute atomic E-state index is 0.0310. The summed E-state index contributed by atoms with van der Waals surface area (Å²) in [5.74, 6) is -1.73. The molecule has 1 heterocycles. The van der Waals surface area contributed by atoms with Crippen LogP contribution in [0.25, 0.3) is 0 Å². The molecule has 0 aromatic heterocycles. The van der Waals surface area contributed by atoms with E-state index in [2.05, 4.69) is 6.58 Å². The highest BCUT2D eigenvalue weighted by Gasteiger charge is 2.51. The molecule has 7 heteroatoms. The Labute approximate surface area is 167 Å². The maximum absolute atomic E-state index is 10.7. The summed E-state index contributed by atoms with van der Waals surface area (Å²) in [6.07, 6.45) is -1.66. The van der Waals surface area contributed by atoms with Gasteiger partial charge >= 0.3 is 0 Å². The number of hydrogen-bond acceptors (Lipinski definition) is 6. The summed E-state index contributed by atoms with van der Waals surface area (Å²) in [6, 6.07) is 11.7. The molecule has 6 nitrogen and oxygen atoms in total. The Morgan fingerprint density at radius 2 is 1.89 bits per heavy atom. The second-order valence-electron chi connectivity index (χ2n) is 6.53. The Morgan fingerprint density at radius 1 is 1.21 bits per heavy atom. The van der Waals surface area contributed by atoms with Gasteiger partial charge in [-0.15, -0.1) is 0 Å². The van der Waals surface area contributed by atoms with E-state index < -0.39 is 18.0 Å². The molecular weight excluding hydrogens is 384 g/mol. The Kier molecular flexibility index (Phi) is 5.67. The Hall–Kier alpha value is -2.51. The number of aliphatic hydroxyl groups is 3. The van der Waals surface area contributed by atoms with Gasteiger partial charge in [-0.25, -0.2) is 0 Å². The first-order chi connectivity index (χ1) is 13.3. The SMILES string of the molecule is C=C1[C@@H](O)C(OC)(c2ccc(Cl)c(Cc3ccc(O)cc3)c2)O/C(=C/O)[C@H]1O. The van der Waals surface area contributed by atoms with Crippen LogP contribution in [0.15, 0.2) is 66.6 Å². The van der Waals surface area contributed by atoms with Crippen LogP contribution >= 0.6 is 11.6 Å². The molecule has 28 heavy (non-hydrogen) atoms. The molecule has 0 spiro atoms. The number of methoxy groups -OCH3 is 1. The van der Waals surface area contributed by atoms with Crippen molar-refractivity contribution in [3.63, 3.8) is 0 Å². The zero-order valence-corrected chi connectivity index (χ0v) is 15.9. The number of aromatic hydroxyl groups is 1. The van der Waals surface area contributed by atoms with Crippen LogP contribution in [0.4, 0.5) is 0 Å². The lowest BCUT2D eigenvalue weighted by Crippen LogP contribution is -2.51. The topological polar surface area (TPSA) is 99.4 Å². The predicted octanol–water partition coefficient (Wildman–Crippen LogP) is 3.14. The summed E-state index contributed by atoms with van der Waals surface area (Å²) < 4.78 is 11.2. The van der Waals surface area contributed by atoms with E-state index in [1.54, 1.807) is 42.5 Å². The van der Waals surface area contributed by atoms with E-state index >= 15 is 0 Å². The molecule has 0 radical (unpaired) electrons. The van der Waals surface area contributed by atoms with Gasteiger partial charge < -0.3 is 29.9 Å². The molecule has 0 aliphatic carbocycles. The molecular formula is C21H21ClO6. The molecule has 2 aromatic carbocycles. The van der Waals surface area contributed by atoms with Gasteiger partial charge in [-0.1, -0.05) is 36.4 Å². The van der Waals surface area contributed by atoms with Crippen molar-refractivity contribution < 1.29 is 29.9 Å². The molecule has 3 rings (SSSR count). The molecule has 1 unspecified atom stereocenters. The van der Waals surface area contributed by atoms with Crippen LogP contribution in [0.1, 0.15) is 16.7 Å². The normalized spacial score (nSPS) is 26.3. The van der Waals surface area contributed by atoms with Crippen LogP contribution in [0.2, 0.25) is 5.02 Å². The van der Waals surface area contributed by atoms with E-state index in [0.717, 1.165) is 11.1 Å². The molecule has 3 atom stereocenters. The summed E-state index contributed by atoms with van der Waals surface area (Å²) in [7, 11) is 1.34. The number of rotatable bonds is 4. The van der Waals surface area contributed by atoms with Crippen molar-refractivity contribution >= 4 is 11.6 Å². The molecule has 2 aromatic rings. The van der Waals surface area contributed by atoms with Crippen LogP contribution in [0.5, 0.6) is 5.75 Å². The second kappa shape index (κ2) is 7.85. The molecule has 1 aliphatic rings. The second-order valence-corrected chi connectivity index (χ2v) is 6.94. The zero-order chi connectivity index (χ0) is 20.5. The van der Waals surface area contributed by atoms with Crippen molar-refractivity contribution in [3.05, 3.63) is 88.4 Å². The fourth-order valence-corrected chi connectivity index (χ4v) is 3.39. The number of phenols is 1. The molecule has 4 N–H and O–H groups in total. The largest absolute Gasteiger partial charge is 0.512 e. The zero-order valence-electron chi connectivity index (χ0n) is 15.2. The highest BCUT2D eigenvalue weighted by Crippen LogP contribution is 2.43. The Morgan fingerprint density at radius 3 is 2.50 bits per heavy atom. The smallest absolute Gasteiger partial charge is 0.267 e. The van der Waals surface area contributed by atoms with Gasteiger partial charge in [0.15, 0.2) is 5.76 Å². The standard InChI is InChI=1S/C21H21ClO6/c1-12-19(25)18(11-23)28-21(27-2,20(12)26)15-5-8-17(22)14(10-15)9-13-3-6-16(24)7-4-13/h3-8,10-11,19-20,23-26H,1,9H2,2H3/b18-11+/t19-,20+,21?/m0/s1. The average molecular weight is 405 g/mol. The van der Waals surface area contributed by atoms with Gasteiger partial charge in [-0.3, -0.25) is 0 Å². The summed E-state index contributed by atoms with van der Waals surface area (Å²) in [5.41, 5.74) is 2.13. The fraction of sp³-hybridized carbons (Fsp3) is 0.238. The third kappa shape index (κ3) is 3.47. The van der Waals surface area contributed by atoms with Gasteiger partial charge in [0.2, 0.25) is 0 Å². The Bertz CT molecular complexity index is 908. The minimum atomic E-state index is -1.71. The number of halogens is 1. The molecule has 0 bridgehead atoms. The highest BCUT2D eigenvalue weighted by molar-refractivity contribution is 6.31. The third-order valence-electron chi connectivity index (χ3n) is 4.81. The molecule has 1 saturated heterocycles. The summed E-state index contributed by atoms with van der Waals surface area (Å²) in [6.45, 7) is 3.70. The van der Waals surface area contributed by atoms with Crippen molar-refractivity contribution in [1.29, 1.82) is 0 Å². The van der Waals surface area contributed by atoms with E-state index in [1.807, 2.05) is 0 Å². The number of ether oxygens (including phenoxy) is 2. The van der Waals surface area contributed by atoms with Gasteiger partial charge in [0.05, 0.1) is 0 Å². The van der Waals surface area contributed by atoms with Crippen molar-refractivity contribution in [3.8, 4) is 5.75 Å². The van der Waals surface area contributed by atoms with Crippen molar-refractivity contribution in [2.75, 3.05) is 7.11 Å². The lowest BCUT2D eigenvalue weighted by molar-refractivity contribution is -0.274. The summed E-state index contributed by atoms with van der Waals surface area (Å²) in [5, 5.41) is 40.1. The highest BCUT2D eigenvalue weighted by atomic mass is 35.5.